The van der Waals surface area contributed by atoms with E-state index in [0.29, 0.717) is 11.3 Å². The summed E-state index contributed by atoms with van der Waals surface area (Å²) in [5, 5.41) is 1.14. The van der Waals surface area contributed by atoms with Crippen molar-refractivity contribution in [1.29, 1.82) is 0 Å². The van der Waals surface area contributed by atoms with Crippen molar-refractivity contribution in [3.05, 3.63) is 71.1 Å². The lowest BCUT2D eigenvalue weighted by atomic mass is 10.2. The zero-order chi connectivity index (χ0) is 19.1. The maximum absolute atomic E-state index is 12.6. The number of carbonyl (C=O) groups is 1. The zero-order valence-corrected chi connectivity index (χ0v) is 16.0. The first-order valence-electron chi connectivity index (χ1n) is 9.19. The Morgan fingerprint density at radius 1 is 0.889 bits per heavy atom. The second-order valence-corrected chi connectivity index (χ2v) is 8.21. The van der Waals surface area contributed by atoms with Gasteiger partial charge in [0.15, 0.2) is 0 Å². The van der Waals surface area contributed by atoms with Gasteiger partial charge in [-0.3, -0.25) is 9.52 Å². The number of likely N-dealkylation sites (tertiary alicyclic amines) is 1. The highest BCUT2D eigenvalue weighted by Gasteiger charge is 2.17. The number of anilines is 1. The standard InChI is InChI=1S/C21H24N2O3S/c24-21(23-15-6-1-2-7-16-23)19-10-12-20(13-11-19)22-27(25,26)17-14-18-8-4-3-5-9-18/h3-5,8-14,17,22H,1-2,6-7,15-16H2/b17-14+. The average molecular weight is 385 g/mol. The summed E-state index contributed by atoms with van der Waals surface area (Å²) in [5.74, 6) is 0.00952. The molecule has 2 aromatic rings. The predicted molar refractivity (Wildman–Crippen MR) is 109 cm³/mol. The summed E-state index contributed by atoms with van der Waals surface area (Å²) < 4.78 is 26.9. The first-order valence-corrected chi connectivity index (χ1v) is 10.7. The second-order valence-electron chi connectivity index (χ2n) is 6.64. The van der Waals surface area contributed by atoms with Crippen molar-refractivity contribution in [1.82, 2.24) is 4.90 Å². The number of nitrogens with one attached hydrogen (secondary N) is 1. The highest BCUT2D eigenvalue weighted by Crippen LogP contribution is 2.17. The molecule has 2 aromatic carbocycles. The molecule has 0 bridgehead atoms. The molecule has 0 aliphatic carbocycles. The van der Waals surface area contributed by atoms with Crippen LogP contribution in [-0.4, -0.2) is 32.3 Å². The molecule has 1 N–H and O–H groups in total. The summed E-state index contributed by atoms with van der Waals surface area (Å²) >= 11 is 0. The quantitative estimate of drug-likeness (QED) is 0.843. The van der Waals surface area contributed by atoms with Gasteiger partial charge in [-0.2, -0.15) is 0 Å². The van der Waals surface area contributed by atoms with Crippen LogP contribution in [0.1, 0.15) is 41.6 Å². The fourth-order valence-corrected chi connectivity index (χ4v) is 3.94. The first kappa shape index (κ1) is 19.2. The largest absolute Gasteiger partial charge is 0.339 e. The van der Waals surface area contributed by atoms with E-state index >= 15 is 0 Å². The molecule has 1 saturated heterocycles. The lowest BCUT2D eigenvalue weighted by Crippen LogP contribution is -2.31. The van der Waals surface area contributed by atoms with Crippen LogP contribution in [0.5, 0.6) is 0 Å². The smallest absolute Gasteiger partial charge is 0.255 e. The molecule has 1 fully saturated rings. The van der Waals surface area contributed by atoms with Crippen molar-refractivity contribution < 1.29 is 13.2 Å². The summed E-state index contributed by atoms with van der Waals surface area (Å²) in [6.45, 7) is 1.58. The van der Waals surface area contributed by atoms with E-state index < -0.39 is 10.0 Å². The Labute approximate surface area is 160 Å². The average Bonchev–Trinajstić information content (AvgIpc) is 2.97. The van der Waals surface area contributed by atoms with E-state index in [4.69, 9.17) is 0 Å². The summed E-state index contributed by atoms with van der Waals surface area (Å²) in [6.07, 6.45) is 5.95. The molecule has 0 radical (unpaired) electrons. The van der Waals surface area contributed by atoms with Crippen LogP contribution in [0.15, 0.2) is 60.0 Å². The van der Waals surface area contributed by atoms with Gasteiger partial charge in [-0.1, -0.05) is 43.2 Å². The van der Waals surface area contributed by atoms with Crippen LogP contribution >= 0.6 is 0 Å². The third-order valence-electron chi connectivity index (χ3n) is 4.52. The molecule has 0 saturated carbocycles. The van der Waals surface area contributed by atoms with Gasteiger partial charge in [0.05, 0.1) is 5.41 Å². The van der Waals surface area contributed by atoms with Crippen molar-refractivity contribution in [2.24, 2.45) is 0 Å². The molecular weight excluding hydrogens is 360 g/mol. The van der Waals surface area contributed by atoms with Crippen LogP contribution in [-0.2, 0) is 10.0 Å². The number of benzene rings is 2. The van der Waals surface area contributed by atoms with Gasteiger partial charge in [0.1, 0.15) is 0 Å². The highest BCUT2D eigenvalue weighted by molar-refractivity contribution is 7.95. The van der Waals surface area contributed by atoms with Gasteiger partial charge in [-0.05, 0) is 48.7 Å². The number of sulfonamides is 1. The van der Waals surface area contributed by atoms with Gasteiger partial charge < -0.3 is 4.90 Å². The summed E-state index contributed by atoms with van der Waals surface area (Å²) in [4.78, 5) is 14.5. The van der Waals surface area contributed by atoms with E-state index in [1.807, 2.05) is 35.2 Å². The Hall–Kier alpha value is -2.60. The first-order chi connectivity index (χ1) is 13.0. The van der Waals surface area contributed by atoms with Crippen molar-refractivity contribution in [3.63, 3.8) is 0 Å². The molecule has 5 nitrogen and oxygen atoms in total. The lowest BCUT2D eigenvalue weighted by Gasteiger charge is -2.20. The third-order valence-corrected chi connectivity index (χ3v) is 5.54. The minimum absolute atomic E-state index is 0.00952. The monoisotopic (exact) mass is 384 g/mol. The third kappa shape index (κ3) is 5.69. The van der Waals surface area contributed by atoms with Gasteiger partial charge >= 0.3 is 0 Å². The summed E-state index contributed by atoms with van der Waals surface area (Å²) in [7, 11) is -3.62. The SMILES string of the molecule is O=C(c1ccc(NS(=O)(=O)/C=C/c2ccccc2)cc1)N1CCCCCC1. The number of rotatable bonds is 5. The van der Waals surface area contributed by atoms with Crippen LogP contribution in [0, 0.1) is 0 Å². The molecule has 0 atom stereocenters. The Balaban J connectivity index is 1.64. The number of carbonyl (C=O) groups excluding carboxylic acids is 1. The van der Waals surface area contributed by atoms with Crippen LogP contribution in [0.2, 0.25) is 0 Å². The summed E-state index contributed by atoms with van der Waals surface area (Å²) in [6, 6.07) is 15.8. The number of nitrogens with zero attached hydrogens (tertiary/aromatic N) is 1. The molecule has 0 aromatic heterocycles. The van der Waals surface area contributed by atoms with Crippen LogP contribution < -0.4 is 4.72 Å². The van der Waals surface area contributed by atoms with Crippen molar-refractivity contribution in [3.8, 4) is 0 Å². The molecule has 1 aliphatic rings. The van der Waals surface area contributed by atoms with Gasteiger partial charge in [-0.15, -0.1) is 0 Å². The van der Waals surface area contributed by atoms with Gasteiger partial charge in [-0.25, -0.2) is 8.42 Å². The normalized spacial score (nSPS) is 15.5. The minimum atomic E-state index is -3.62. The number of hydrogen-bond donors (Lipinski definition) is 1. The van der Waals surface area contributed by atoms with Crippen LogP contribution in [0.3, 0.4) is 0 Å². The lowest BCUT2D eigenvalue weighted by molar-refractivity contribution is 0.0761. The molecule has 1 aliphatic heterocycles. The second kappa shape index (κ2) is 8.86. The van der Waals surface area contributed by atoms with Crippen LogP contribution in [0.25, 0.3) is 6.08 Å². The Morgan fingerprint density at radius 3 is 2.15 bits per heavy atom. The number of hydrogen-bond acceptors (Lipinski definition) is 3. The van der Waals surface area contributed by atoms with Gasteiger partial charge in [0.2, 0.25) is 0 Å². The van der Waals surface area contributed by atoms with E-state index in [9.17, 15) is 13.2 Å². The fourth-order valence-electron chi connectivity index (χ4n) is 3.07. The fraction of sp³-hybridized carbons (Fsp3) is 0.286. The Morgan fingerprint density at radius 2 is 1.52 bits per heavy atom. The van der Waals surface area contributed by atoms with E-state index in [0.717, 1.165) is 36.9 Å². The van der Waals surface area contributed by atoms with E-state index in [-0.39, 0.29) is 5.91 Å². The Kier molecular flexibility index (Phi) is 6.29. The summed E-state index contributed by atoms with van der Waals surface area (Å²) in [5.41, 5.74) is 1.82. The molecule has 6 heteroatoms. The van der Waals surface area contributed by atoms with Gasteiger partial charge in [0, 0.05) is 24.3 Å². The molecule has 0 unspecified atom stereocenters. The maximum atomic E-state index is 12.6. The molecule has 142 valence electrons. The van der Waals surface area contributed by atoms with Crippen LogP contribution in [0.4, 0.5) is 5.69 Å². The van der Waals surface area contributed by atoms with E-state index in [1.165, 1.54) is 12.8 Å². The van der Waals surface area contributed by atoms with Crippen molar-refractivity contribution >= 4 is 27.7 Å². The van der Waals surface area contributed by atoms with E-state index in [1.54, 1.807) is 30.3 Å². The van der Waals surface area contributed by atoms with Crippen molar-refractivity contribution in [2.45, 2.75) is 25.7 Å². The predicted octanol–water partition coefficient (Wildman–Crippen LogP) is 4.12. The molecule has 1 heterocycles. The highest BCUT2D eigenvalue weighted by atomic mass is 32.2. The molecule has 1 amide bonds. The maximum Gasteiger partial charge on any atom is 0.255 e. The van der Waals surface area contributed by atoms with E-state index in [2.05, 4.69) is 4.72 Å². The van der Waals surface area contributed by atoms with Crippen molar-refractivity contribution in [2.75, 3.05) is 17.8 Å². The minimum Gasteiger partial charge on any atom is -0.339 e. The molecule has 0 spiro atoms. The Bertz CT molecular complexity index is 883. The molecule has 27 heavy (non-hydrogen) atoms. The molecule has 3 rings (SSSR count). The topological polar surface area (TPSA) is 66.5 Å². The zero-order valence-electron chi connectivity index (χ0n) is 15.2. The van der Waals surface area contributed by atoms with Gasteiger partial charge in [0.25, 0.3) is 15.9 Å². The number of amides is 1. The molecular formula is C21H24N2O3S.